The van der Waals surface area contributed by atoms with Crippen LogP contribution in [0.5, 0.6) is 0 Å². The summed E-state index contributed by atoms with van der Waals surface area (Å²) in [6.07, 6.45) is 0. The van der Waals surface area contributed by atoms with Crippen LogP contribution >= 0.6 is 23.2 Å². The van der Waals surface area contributed by atoms with E-state index in [1.165, 1.54) is 12.1 Å². The summed E-state index contributed by atoms with van der Waals surface area (Å²) in [6, 6.07) is 0.664. The van der Waals surface area contributed by atoms with Gasteiger partial charge < -0.3 is 10.6 Å². The smallest absolute Gasteiger partial charge is 0.318 e. The molecule has 1 aromatic carbocycles. The normalized spacial score (nSPS) is 18.4. The molecule has 1 aliphatic rings. The van der Waals surface area contributed by atoms with Crippen LogP contribution in [0.2, 0.25) is 10.0 Å². The van der Waals surface area contributed by atoms with Crippen LogP contribution in [-0.2, 0) is 9.59 Å². The average molecular weight is 290 g/mol. The number of amides is 2. The molecular formula is C9H5Cl2N3O4. The van der Waals surface area contributed by atoms with E-state index in [-0.39, 0.29) is 21.4 Å². The van der Waals surface area contributed by atoms with Gasteiger partial charge in [0.2, 0.25) is 0 Å². The Balaban J connectivity index is 2.52. The topological polar surface area (TPSA) is 101 Å². The van der Waals surface area contributed by atoms with E-state index in [1.54, 1.807) is 0 Å². The predicted octanol–water partition coefficient (Wildman–Crippen LogP) is 1.53. The Kier molecular flexibility index (Phi) is 3.10. The Morgan fingerprint density at radius 2 is 1.78 bits per heavy atom. The van der Waals surface area contributed by atoms with Gasteiger partial charge in [0.15, 0.2) is 0 Å². The van der Waals surface area contributed by atoms with Gasteiger partial charge in [-0.25, -0.2) is 0 Å². The highest BCUT2D eigenvalue weighted by Crippen LogP contribution is 2.35. The molecule has 2 N–H and O–H groups in total. The van der Waals surface area contributed by atoms with E-state index in [9.17, 15) is 19.7 Å². The zero-order valence-electron chi connectivity index (χ0n) is 8.57. The summed E-state index contributed by atoms with van der Waals surface area (Å²) in [5.41, 5.74) is 0.207. The first kappa shape index (κ1) is 12.6. The van der Waals surface area contributed by atoms with Crippen molar-refractivity contribution in [3.8, 4) is 0 Å². The Hall–Kier alpha value is -1.86. The summed E-state index contributed by atoms with van der Waals surface area (Å²) in [6.45, 7) is 0. The van der Waals surface area contributed by atoms with E-state index in [2.05, 4.69) is 10.6 Å². The molecule has 1 heterocycles. The average Bonchev–Trinajstić information content (AvgIpc) is 2.33. The fourth-order valence-electron chi connectivity index (χ4n) is 1.50. The molecule has 0 saturated carbocycles. The van der Waals surface area contributed by atoms with Gasteiger partial charge >= 0.3 is 17.9 Å². The first-order chi connectivity index (χ1) is 8.40. The summed E-state index contributed by atoms with van der Waals surface area (Å²) in [4.78, 5) is 32.8. The Bertz CT molecular complexity index is 575. The molecule has 1 aliphatic heterocycles. The maximum absolute atomic E-state index is 11.6. The van der Waals surface area contributed by atoms with E-state index < -0.39 is 22.8 Å². The van der Waals surface area contributed by atoms with Gasteiger partial charge in [-0.1, -0.05) is 23.2 Å². The summed E-state index contributed by atoms with van der Waals surface area (Å²) in [5, 5.41) is 15.4. The minimum Gasteiger partial charge on any atom is -0.318 e. The lowest BCUT2D eigenvalue weighted by molar-refractivity contribution is -0.492. The molecule has 1 atom stereocenters. The minimum absolute atomic E-state index is 0.0788. The fraction of sp³-hybridized carbons (Fsp3) is 0.111. The predicted molar refractivity (Wildman–Crippen MR) is 64.5 cm³/mol. The third-order valence-electron chi connectivity index (χ3n) is 2.27. The molecule has 7 nitrogen and oxygen atoms in total. The highest BCUT2D eigenvalue weighted by atomic mass is 35.5. The van der Waals surface area contributed by atoms with Gasteiger partial charge in [0, 0.05) is 9.95 Å². The molecule has 0 aliphatic carbocycles. The molecular weight excluding hydrogens is 285 g/mol. The molecule has 0 bridgehead atoms. The monoisotopic (exact) mass is 289 g/mol. The van der Waals surface area contributed by atoms with Crippen LogP contribution in [0.4, 0.5) is 11.4 Å². The molecule has 0 spiro atoms. The summed E-state index contributed by atoms with van der Waals surface area (Å²) in [7, 11) is 0. The molecule has 0 saturated heterocycles. The van der Waals surface area contributed by atoms with Crippen molar-refractivity contribution in [3.63, 3.8) is 0 Å². The largest absolute Gasteiger partial charge is 0.366 e. The quantitative estimate of drug-likeness (QED) is 0.465. The van der Waals surface area contributed by atoms with E-state index in [1.807, 2.05) is 0 Å². The Labute approximate surface area is 110 Å². The number of nitrogens with zero attached hydrogens (tertiary/aromatic N) is 1. The molecule has 1 aromatic rings. The summed E-state index contributed by atoms with van der Waals surface area (Å²) in [5.74, 6) is -2.10. The van der Waals surface area contributed by atoms with Crippen molar-refractivity contribution in [2.75, 3.05) is 10.6 Å². The molecule has 2 rings (SSSR count). The van der Waals surface area contributed by atoms with Crippen molar-refractivity contribution >= 4 is 46.4 Å². The number of rotatable bonds is 1. The van der Waals surface area contributed by atoms with Gasteiger partial charge in [-0.15, -0.1) is 0 Å². The van der Waals surface area contributed by atoms with Gasteiger partial charge in [-0.3, -0.25) is 19.7 Å². The van der Waals surface area contributed by atoms with E-state index >= 15 is 0 Å². The number of hydrogen-bond acceptors (Lipinski definition) is 4. The first-order valence-corrected chi connectivity index (χ1v) is 5.40. The van der Waals surface area contributed by atoms with Crippen molar-refractivity contribution < 1.29 is 14.5 Å². The first-order valence-electron chi connectivity index (χ1n) is 4.64. The molecule has 1 unspecified atom stereocenters. The standard InChI is InChI=1S/C9H5Cl2N3O4/c10-3-1-4(11)6-5(2-3)12-8(15)7(14(17)18)9(16)13-6/h1-2,7H,(H,12,15)(H,13,16). The summed E-state index contributed by atoms with van der Waals surface area (Å²) < 4.78 is 0. The van der Waals surface area contributed by atoms with Gasteiger partial charge in [0.25, 0.3) is 0 Å². The van der Waals surface area contributed by atoms with Gasteiger partial charge in [-0.2, -0.15) is 0 Å². The highest BCUT2D eigenvalue weighted by molar-refractivity contribution is 6.38. The van der Waals surface area contributed by atoms with E-state index in [4.69, 9.17) is 23.2 Å². The van der Waals surface area contributed by atoms with Gasteiger partial charge in [0.1, 0.15) is 0 Å². The number of halogens is 2. The Morgan fingerprint density at radius 3 is 2.39 bits per heavy atom. The number of anilines is 2. The maximum Gasteiger partial charge on any atom is 0.366 e. The van der Waals surface area contributed by atoms with Crippen LogP contribution in [0.15, 0.2) is 12.1 Å². The van der Waals surface area contributed by atoms with Crippen LogP contribution < -0.4 is 10.6 Å². The van der Waals surface area contributed by atoms with Crippen LogP contribution in [0.25, 0.3) is 0 Å². The van der Waals surface area contributed by atoms with E-state index in [0.717, 1.165) is 0 Å². The number of nitro groups is 1. The van der Waals surface area contributed by atoms with Gasteiger partial charge in [-0.05, 0) is 12.1 Å². The fourth-order valence-corrected chi connectivity index (χ4v) is 2.04. The number of hydrogen-bond donors (Lipinski definition) is 2. The lowest BCUT2D eigenvalue weighted by atomic mass is 10.2. The SMILES string of the molecule is O=C1Nc2cc(Cl)cc(Cl)c2NC(=O)C1[N+](=O)[O-]. The zero-order valence-corrected chi connectivity index (χ0v) is 10.1. The van der Waals surface area contributed by atoms with Crippen LogP contribution in [-0.4, -0.2) is 22.8 Å². The van der Waals surface area contributed by atoms with Crippen molar-refractivity contribution in [3.05, 3.63) is 32.3 Å². The third kappa shape index (κ3) is 2.09. The Morgan fingerprint density at radius 1 is 1.17 bits per heavy atom. The number of nitrogens with one attached hydrogen (secondary N) is 2. The lowest BCUT2D eigenvalue weighted by Gasteiger charge is -2.08. The second-order valence-electron chi connectivity index (χ2n) is 3.48. The molecule has 0 radical (unpaired) electrons. The van der Waals surface area contributed by atoms with E-state index in [0.29, 0.717) is 0 Å². The van der Waals surface area contributed by atoms with Crippen molar-refractivity contribution in [2.45, 2.75) is 6.04 Å². The minimum atomic E-state index is -2.02. The van der Waals surface area contributed by atoms with Crippen LogP contribution in [0, 0.1) is 10.1 Å². The second kappa shape index (κ2) is 4.43. The van der Waals surface area contributed by atoms with Crippen LogP contribution in [0.1, 0.15) is 0 Å². The molecule has 0 aromatic heterocycles. The van der Waals surface area contributed by atoms with Gasteiger partial charge in [0.05, 0.1) is 16.4 Å². The third-order valence-corrected chi connectivity index (χ3v) is 2.78. The van der Waals surface area contributed by atoms with Crippen molar-refractivity contribution in [1.29, 1.82) is 0 Å². The van der Waals surface area contributed by atoms with Crippen LogP contribution in [0.3, 0.4) is 0 Å². The lowest BCUT2D eigenvalue weighted by Crippen LogP contribution is -2.42. The van der Waals surface area contributed by atoms with Crippen molar-refractivity contribution in [1.82, 2.24) is 0 Å². The molecule has 18 heavy (non-hydrogen) atoms. The molecule has 0 fully saturated rings. The number of benzene rings is 1. The maximum atomic E-state index is 11.6. The van der Waals surface area contributed by atoms with Crippen molar-refractivity contribution in [2.24, 2.45) is 0 Å². The highest BCUT2D eigenvalue weighted by Gasteiger charge is 2.41. The number of carbonyl (C=O) groups excluding carboxylic acids is 2. The number of fused-ring (bicyclic) bond motifs is 1. The molecule has 2 amide bonds. The number of carbonyl (C=O) groups is 2. The second-order valence-corrected chi connectivity index (χ2v) is 4.32. The summed E-state index contributed by atoms with van der Waals surface area (Å²) >= 11 is 11.6. The zero-order chi connectivity index (χ0) is 13.4. The molecule has 94 valence electrons. The molecule has 9 heteroatoms.